The van der Waals surface area contributed by atoms with Crippen LogP contribution in [0, 0.1) is 0 Å². The van der Waals surface area contributed by atoms with Gasteiger partial charge in [0.05, 0.1) is 6.54 Å². The Balaban J connectivity index is 3.19. The molecule has 0 unspecified atom stereocenters. The van der Waals surface area contributed by atoms with Gasteiger partial charge in [0.2, 0.25) is 5.91 Å². The Kier molecular flexibility index (Phi) is 5.94. The van der Waals surface area contributed by atoms with Crippen LogP contribution in [-0.4, -0.2) is 43.9 Å². The highest BCUT2D eigenvalue weighted by molar-refractivity contribution is 5.77. The predicted molar refractivity (Wildman–Crippen MR) is 40.5 cm³/mol. The molecule has 0 aliphatic heterocycles. The molecule has 0 fully saturated rings. The number of carboxylic acids is 1. The van der Waals surface area contributed by atoms with Crippen molar-refractivity contribution in [1.29, 1.82) is 0 Å². The number of carbonyl (C=O) groups is 2. The van der Waals surface area contributed by atoms with E-state index in [9.17, 15) is 9.59 Å². The van der Waals surface area contributed by atoms with Gasteiger partial charge in [-0.25, -0.2) is 4.79 Å². The molecule has 0 bridgehead atoms. The molecule has 0 aliphatic carbocycles. The summed E-state index contributed by atoms with van der Waals surface area (Å²) in [5.41, 5.74) is 0. The van der Waals surface area contributed by atoms with Crippen molar-refractivity contribution in [2.75, 3.05) is 26.9 Å². The number of carboxylic acid groups (broad SMARTS) is 1. The molecule has 0 heterocycles. The summed E-state index contributed by atoms with van der Waals surface area (Å²) in [5.74, 6) is -1.29. The lowest BCUT2D eigenvalue weighted by Gasteiger charge is -2.03. The quantitative estimate of drug-likeness (QED) is 0.334. The highest BCUT2D eigenvalue weighted by atomic mass is 16.5. The van der Waals surface area contributed by atoms with Crippen molar-refractivity contribution < 1.29 is 19.4 Å². The molecule has 0 saturated heterocycles. The summed E-state index contributed by atoms with van der Waals surface area (Å²) in [6.45, 7) is -0.289. The van der Waals surface area contributed by atoms with Crippen LogP contribution in [0.15, 0.2) is 0 Å². The first kappa shape index (κ1) is 10.9. The highest BCUT2D eigenvalue weighted by Crippen LogP contribution is 1.71. The van der Waals surface area contributed by atoms with Gasteiger partial charge in [-0.05, 0) is 7.05 Å². The summed E-state index contributed by atoms with van der Waals surface area (Å²) in [6, 6.07) is 0. The molecule has 0 aromatic heterocycles. The third-order valence-electron chi connectivity index (χ3n) is 0.934. The highest BCUT2D eigenvalue weighted by Gasteiger charge is 1.98. The third kappa shape index (κ3) is 6.97. The Morgan fingerprint density at radius 1 is 1.50 bits per heavy atom. The number of hydrogen-bond donors (Lipinski definition) is 3. The van der Waals surface area contributed by atoms with Crippen LogP contribution in [0.2, 0.25) is 0 Å². The van der Waals surface area contributed by atoms with Crippen LogP contribution >= 0.6 is 0 Å². The molecule has 0 atom stereocenters. The maximum atomic E-state index is 10.7. The summed E-state index contributed by atoms with van der Waals surface area (Å²) in [6.07, 6.45) is 0. The molecule has 12 heavy (non-hydrogen) atoms. The Labute approximate surface area is 69.9 Å². The SMILES string of the molecule is CNCC(=O)NCOCC(=O)O. The molecule has 3 N–H and O–H groups in total. The van der Waals surface area contributed by atoms with Gasteiger partial charge in [-0.3, -0.25) is 4.79 Å². The monoisotopic (exact) mass is 176 g/mol. The van der Waals surface area contributed by atoms with E-state index in [-0.39, 0.29) is 19.2 Å². The molecule has 6 nitrogen and oxygen atoms in total. The smallest absolute Gasteiger partial charge is 0.329 e. The summed E-state index contributed by atoms with van der Waals surface area (Å²) in [7, 11) is 1.64. The van der Waals surface area contributed by atoms with E-state index < -0.39 is 12.6 Å². The van der Waals surface area contributed by atoms with Crippen molar-refractivity contribution in [3.63, 3.8) is 0 Å². The second-order valence-corrected chi connectivity index (χ2v) is 2.02. The van der Waals surface area contributed by atoms with E-state index in [1.165, 1.54) is 0 Å². The first-order chi connectivity index (χ1) is 5.66. The average Bonchev–Trinajstić information content (AvgIpc) is 1.98. The molecular formula is C6H12N2O4. The van der Waals surface area contributed by atoms with Crippen LogP contribution in [-0.2, 0) is 14.3 Å². The van der Waals surface area contributed by atoms with E-state index in [0.29, 0.717) is 0 Å². The fourth-order valence-electron chi connectivity index (χ4n) is 0.493. The molecule has 1 amide bonds. The second-order valence-electron chi connectivity index (χ2n) is 2.02. The molecule has 0 aromatic rings. The summed E-state index contributed by atoms with van der Waals surface area (Å²) in [4.78, 5) is 20.6. The summed E-state index contributed by atoms with van der Waals surface area (Å²) < 4.78 is 4.55. The van der Waals surface area contributed by atoms with Crippen LogP contribution in [0.5, 0.6) is 0 Å². The van der Waals surface area contributed by atoms with Crippen molar-refractivity contribution >= 4 is 11.9 Å². The number of rotatable bonds is 6. The molecule has 0 aromatic carbocycles. The van der Waals surface area contributed by atoms with Crippen LogP contribution in [0.3, 0.4) is 0 Å². The van der Waals surface area contributed by atoms with E-state index in [2.05, 4.69) is 15.4 Å². The van der Waals surface area contributed by atoms with E-state index in [1.807, 2.05) is 0 Å². The molecule has 6 heteroatoms. The van der Waals surface area contributed by atoms with E-state index in [4.69, 9.17) is 5.11 Å². The first-order valence-electron chi connectivity index (χ1n) is 3.37. The first-order valence-corrected chi connectivity index (χ1v) is 3.37. The molecule has 0 saturated carbocycles. The second kappa shape index (κ2) is 6.56. The van der Waals surface area contributed by atoms with Gasteiger partial charge in [0.15, 0.2) is 0 Å². The summed E-state index contributed by atoms with van der Waals surface area (Å²) >= 11 is 0. The van der Waals surface area contributed by atoms with Gasteiger partial charge >= 0.3 is 5.97 Å². The van der Waals surface area contributed by atoms with E-state index >= 15 is 0 Å². The topological polar surface area (TPSA) is 87.7 Å². The molecular weight excluding hydrogens is 164 g/mol. The Morgan fingerprint density at radius 2 is 2.17 bits per heavy atom. The van der Waals surface area contributed by atoms with Gasteiger partial charge in [0, 0.05) is 0 Å². The van der Waals surface area contributed by atoms with Crippen molar-refractivity contribution in [2.45, 2.75) is 0 Å². The average molecular weight is 176 g/mol. The zero-order valence-corrected chi connectivity index (χ0v) is 6.79. The van der Waals surface area contributed by atoms with Gasteiger partial charge in [-0.15, -0.1) is 0 Å². The van der Waals surface area contributed by atoms with Crippen LogP contribution in [0.1, 0.15) is 0 Å². The van der Waals surface area contributed by atoms with Gasteiger partial charge in [0.1, 0.15) is 13.3 Å². The number of carbonyl (C=O) groups excluding carboxylic acids is 1. The molecule has 0 aliphatic rings. The fraction of sp³-hybridized carbons (Fsp3) is 0.667. The largest absolute Gasteiger partial charge is 0.480 e. The predicted octanol–water partition coefficient (Wildman–Crippen LogP) is -1.62. The minimum absolute atomic E-state index is 0.0766. The van der Waals surface area contributed by atoms with Gasteiger partial charge in [0.25, 0.3) is 0 Å². The lowest BCUT2D eigenvalue weighted by atomic mass is 10.6. The lowest BCUT2D eigenvalue weighted by molar-refractivity contribution is -0.143. The third-order valence-corrected chi connectivity index (χ3v) is 0.934. The Bertz CT molecular complexity index is 160. The Morgan fingerprint density at radius 3 is 2.67 bits per heavy atom. The number of aliphatic carboxylic acids is 1. The van der Waals surface area contributed by atoms with Gasteiger partial charge in [-0.2, -0.15) is 0 Å². The standard InChI is InChI=1S/C6H12N2O4/c1-7-2-5(9)8-4-12-3-6(10)11/h7H,2-4H2,1H3,(H,8,9)(H,10,11). The van der Waals surface area contributed by atoms with E-state index in [0.717, 1.165) is 0 Å². The normalized spacial score (nSPS) is 9.42. The molecule has 0 spiro atoms. The van der Waals surface area contributed by atoms with Crippen molar-refractivity contribution in [3.05, 3.63) is 0 Å². The number of likely N-dealkylation sites (N-methyl/N-ethyl adjacent to an activating group) is 1. The van der Waals surface area contributed by atoms with Gasteiger partial charge < -0.3 is 20.5 Å². The number of nitrogens with one attached hydrogen (secondary N) is 2. The maximum Gasteiger partial charge on any atom is 0.329 e. The van der Waals surface area contributed by atoms with E-state index in [1.54, 1.807) is 7.05 Å². The van der Waals surface area contributed by atoms with Gasteiger partial charge in [-0.1, -0.05) is 0 Å². The van der Waals surface area contributed by atoms with Crippen LogP contribution in [0.25, 0.3) is 0 Å². The Hall–Kier alpha value is -1.14. The number of hydrogen-bond acceptors (Lipinski definition) is 4. The molecule has 0 radical (unpaired) electrons. The minimum atomic E-state index is -1.06. The van der Waals surface area contributed by atoms with Crippen molar-refractivity contribution in [1.82, 2.24) is 10.6 Å². The fourth-order valence-corrected chi connectivity index (χ4v) is 0.493. The zero-order valence-electron chi connectivity index (χ0n) is 6.79. The molecule has 70 valence electrons. The number of ether oxygens (including phenoxy) is 1. The van der Waals surface area contributed by atoms with Crippen LogP contribution in [0.4, 0.5) is 0 Å². The lowest BCUT2D eigenvalue weighted by Crippen LogP contribution is -2.34. The zero-order chi connectivity index (χ0) is 9.40. The van der Waals surface area contributed by atoms with Crippen LogP contribution < -0.4 is 10.6 Å². The van der Waals surface area contributed by atoms with Crippen molar-refractivity contribution in [2.24, 2.45) is 0 Å². The number of amides is 1. The molecule has 0 rings (SSSR count). The maximum absolute atomic E-state index is 10.7. The minimum Gasteiger partial charge on any atom is -0.480 e. The van der Waals surface area contributed by atoms with Crippen molar-refractivity contribution in [3.8, 4) is 0 Å². The summed E-state index contributed by atoms with van der Waals surface area (Å²) in [5, 5.41) is 13.1.